The quantitative estimate of drug-likeness (QED) is 0.636. The highest BCUT2D eigenvalue weighted by Crippen LogP contribution is 2.19. The molecule has 1 aliphatic heterocycles. The Hall–Kier alpha value is -1.47. The number of nitrogen functional groups attached to an aromatic ring is 1. The molecule has 20 heavy (non-hydrogen) atoms. The van der Waals surface area contributed by atoms with E-state index in [9.17, 15) is 12.8 Å². The van der Waals surface area contributed by atoms with Crippen molar-refractivity contribution in [2.75, 3.05) is 18.1 Å². The Kier molecular flexibility index (Phi) is 4.10. The lowest BCUT2D eigenvalue weighted by atomic mass is 10.1. The van der Waals surface area contributed by atoms with Crippen molar-refractivity contribution in [2.45, 2.75) is 19.5 Å². The zero-order valence-corrected chi connectivity index (χ0v) is 12.1. The van der Waals surface area contributed by atoms with Gasteiger partial charge in [0.15, 0.2) is 9.84 Å². The molecule has 7 heteroatoms. The number of nitrogens with one attached hydrogen (secondary N) is 1. The first-order chi connectivity index (χ1) is 9.30. The molecule has 1 saturated heterocycles. The first-order valence-electron chi connectivity index (χ1n) is 6.36. The van der Waals surface area contributed by atoms with Gasteiger partial charge in [-0.2, -0.15) is 0 Å². The molecule has 1 heterocycles. The molecule has 1 aromatic rings. The average Bonchev–Trinajstić information content (AvgIpc) is 2.34. The molecule has 0 bridgehead atoms. The summed E-state index contributed by atoms with van der Waals surface area (Å²) in [6.45, 7) is 2.54. The number of benzene rings is 1. The summed E-state index contributed by atoms with van der Waals surface area (Å²) in [6, 6.07) is 4.61. The van der Waals surface area contributed by atoms with Gasteiger partial charge in [-0.15, -0.1) is 0 Å². The minimum absolute atomic E-state index is 0.0831. The fourth-order valence-electron chi connectivity index (χ4n) is 2.40. The molecule has 3 N–H and O–H groups in total. The zero-order chi connectivity index (χ0) is 14.9. The van der Waals surface area contributed by atoms with Gasteiger partial charge in [0.2, 0.25) is 0 Å². The summed E-state index contributed by atoms with van der Waals surface area (Å²) < 4.78 is 37.2. The van der Waals surface area contributed by atoms with Gasteiger partial charge in [0.25, 0.3) is 0 Å². The molecule has 0 aliphatic carbocycles. The van der Waals surface area contributed by atoms with Crippen molar-refractivity contribution in [1.29, 1.82) is 5.41 Å². The van der Waals surface area contributed by atoms with E-state index in [0.717, 1.165) is 0 Å². The van der Waals surface area contributed by atoms with E-state index in [1.165, 1.54) is 6.07 Å². The van der Waals surface area contributed by atoms with E-state index in [-0.39, 0.29) is 28.9 Å². The van der Waals surface area contributed by atoms with Crippen LogP contribution in [0.4, 0.5) is 4.39 Å². The highest BCUT2D eigenvalue weighted by atomic mass is 32.2. The lowest BCUT2D eigenvalue weighted by Gasteiger charge is -2.33. The third-order valence-corrected chi connectivity index (χ3v) is 5.35. The van der Waals surface area contributed by atoms with E-state index in [0.29, 0.717) is 18.7 Å². The number of nitrogens with zero attached hydrogens (tertiary/aromatic N) is 1. The molecule has 0 saturated carbocycles. The van der Waals surface area contributed by atoms with Crippen LogP contribution in [0.25, 0.3) is 0 Å². The number of hydrogen-bond acceptors (Lipinski definition) is 4. The highest BCUT2D eigenvalue weighted by molar-refractivity contribution is 7.91. The van der Waals surface area contributed by atoms with Crippen LogP contribution in [0.2, 0.25) is 0 Å². The van der Waals surface area contributed by atoms with Gasteiger partial charge in [-0.05, 0) is 13.0 Å². The summed E-state index contributed by atoms with van der Waals surface area (Å²) in [7, 11) is -2.98. The predicted molar refractivity (Wildman–Crippen MR) is 75.9 cm³/mol. The number of nitrogens with two attached hydrogens (primary N) is 1. The monoisotopic (exact) mass is 299 g/mol. The summed E-state index contributed by atoms with van der Waals surface area (Å²) in [5.74, 6) is -0.605. The Bertz CT molecular complexity index is 631. The molecule has 5 nitrogen and oxygen atoms in total. The van der Waals surface area contributed by atoms with E-state index >= 15 is 0 Å². The van der Waals surface area contributed by atoms with Gasteiger partial charge in [0.1, 0.15) is 11.7 Å². The molecule has 1 fully saturated rings. The lowest BCUT2D eigenvalue weighted by Crippen LogP contribution is -2.46. The Morgan fingerprint density at radius 1 is 1.55 bits per heavy atom. The molecular weight excluding hydrogens is 281 g/mol. The lowest BCUT2D eigenvalue weighted by molar-refractivity contribution is 0.215. The summed E-state index contributed by atoms with van der Waals surface area (Å²) in [5, 5.41) is 7.33. The molecule has 110 valence electrons. The summed E-state index contributed by atoms with van der Waals surface area (Å²) in [4.78, 5) is 1.93. The summed E-state index contributed by atoms with van der Waals surface area (Å²) >= 11 is 0. The summed E-state index contributed by atoms with van der Waals surface area (Å²) in [6.07, 6.45) is 0. The SMILES string of the molecule is CC1CS(=O)(=O)CCN1Cc1cccc(C(=N)N)c1F. The van der Waals surface area contributed by atoms with Crippen LogP contribution in [-0.2, 0) is 16.4 Å². The highest BCUT2D eigenvalue weighted by Gasteiger charge is 2.28. The molecule has 1 unspecified atom stereocenters. The van der Waals surface area contributed by atoms with Gasteiger partial charge in [0, 0.05) is 24.7 Å². The third-order valence-electron chi connectivity index (χ3n) is 3.55. The molecule has 1 atom stereocenters. The van der Waals surface area contributed by atoms with E-state index in [1.807, 2.05) is 11.8 Å². The van der Waals surface area contributed by atoms with Crippen molar-refractivity contribution in [3.63, 3.8) is 0 Å². The van der Waals surface area contributed by atoms with Crippen LogP contribution in [0.15, 0.2) is 18.2 Å². The normalized spacial score (nSPS) is 22.6. The van der Waals surface area contributed by atoms with Crippen molar-refractivity contribution in [3.05, 3.63) is 35.1 Å². The molecular formula is C13H18FN3O2S. The standard InChI is InChI=1S/C13H18FN3O2S/c1-9-8-20(18,19)6-5-17(9)7-10-3-2-4-11(12(10)14)13(15)16/h2-4,9H,5-8H2,1H3,(H3,15,16). The first-order valence-corrected chi connectivity index (χ1v) is 8.18. The van der Waals surface area contributed by atoms with Crippen molar-refractivity contribution >= 4 is 15.7 Å². The number of sulfone groups is 1. The van der Waals surface area contributed by atoms with Crippen LogP contribution in [0, 0.1) is 11.2 Å². The van der Waals surface area contributed by atoms with Gasteiger partial charge < -0.3 is 5.73 Å². The predicted octanol–water partition coefficient (Wildman–Crippen LogP) is 0.729. The second kappa shape index (κ2) is 5.49. The number of halogens is 1. The maximum Gasteiger partial charge on any atom is 0.153 e. The van der Waals surface area contributed by atoms with E-state index in [1.54, 1.807) is 12.1 Å². The fourth-order valence-corrected chi connectivity index (χ4v) is 4.02. The van der Waals surface area contributed by atoms with Gasteiger partial charge in [0.05, 0.1) is 17.1 Å². The molecule has 2 rings (SSSR count). The second-order valence-electron chi connectivity index (χ2n) is 5.13. The molecule has 0 aromatic heterocycles. The molecule has 1 aromatic carbocycles. The number of hydrogen-bond donors (Lipinski definition) is 2. The zero-order valence-electron chi connectivity index (χ0n) is 11.3. The van der Waals surface area contributed by atoms with Crippen LogP contribution in [0.1, 0.15) is 18.1 Å². The molecule has 1 aliphatic rings. The molecule has 0 amide bonds. The molecule has 0 spiro atoms. The molecule has 0 radical (unpaired) electrons. The number of rotatable bonds is 3. The Morgan fingerprint density at radius 3 is 2.85 bits per heavy atom. The van der Waals surface area contributed by atoms with Crippen LogP contribution in [0.3, 0.4) is 0 Å². The maximum atomic E-state index is 14.2. The van der Waals surface area contributed by atoms with Crippen LogP contribution in [-0.4, -0.2) is 43.2 Å². The van der Waals surface area contributed by atoms with E-state index in [4.69, 9.17) is 11.1 Å². The topological polar surface area (TPSA) is 87.2 Å². The van der Waals surface area contributed by atoms with Gasteiger partial charge in [-0.1, -0.05) is 12.1 Å². The average molecular weight is 299 g/mol. The second-order valence-corrected chi connectivity index (χ2v) is 7.35. The van der Waals surface area contributed by atoms with Crippen molar-refractivity contribution in [2.24, 2.45) is 5.73 Å². The first kappa shape index (κ1) is 14.9. The Morgan fingerprint density at radius 2 is 2.25 bits per heavy atom. The fraction of sp³-hybridized carbons (Fsp3) is 0.462. The van der Waals surface area contributed by atoms with E-state index in [2.05, 4.69) is 0 Å². The Balaban J connectivity index is 2.19. The van der Waals surface area contributed by atoms with E-state index < -0.39 is 15.7 Å². The third kappa shape index (κ3) is 3.16. The van der Waals surface area contributed by atoms with Gasteiger partial charge >= 0.3 is 0 Å². The van der Waals surface area contributed by atoms with Crippen molar-refractivity contribution in [1.82, 2.24) is 4.90 Å². The minimum atomic E-state index is -2.98. The van der Waals surface area contributed by atoms with Crippen molar-refractivity contribution in [3.8, 4) is 0 Å². The smallest absolute Gasteiger partial charge is 0.153 e. The van der Waals surface area contributed by atoms with Crippen LogP contribution < -0.4 is 5.73 Å². The Labute approximate surface area is 118 Å². The van der Waals surface area contributed by atoms with Gasteiger partial charge in [-0.3, -0.25) is 10.3 Å². The number of amidine groups is 1. The van der Waals surface area contributed by atoms with Crippen molar-refractivity contribution < 1.29 is 12.8 Å². The van der Waals surface area contributed by atoms with Crippen LogP contribution in [0.5, 0.6) is 0 Å². The largest absolute Gasteiger partial charge is 0.384 e. The van der Waals surface area contributed by atoms with Gasteiger partial charge in [-0.25, -0.2) is 12.8 Å². The summed E-state index contributed by atoms with van der Waals surface area (Å²) in [5.41, 5.74) is 5.85. The maximum absolute atomic E-state index is 14.2. The minimum Gasteiger partial charge on any atom is -0.384 e. The van der Waals surface area contributed by atoms with Crippen LogP contribution >= 0.6 is 0 Å².